The molecule has 0 spiro atoms. The van der Waals surface area contributed by atoms with Gasteiger partial charge in [-0.15, -0.1) is 0 Å². The van der Waals surface area contributed by atoms with Crippen molar-refractivity contribution in [2.75, 3.05) is 5.32 Å². The van der Waals surface area contributed by atoms with Crippen molar-refractivity contribution in [1.29, 1.82) is 5.41 Å². The van der Waals surface area contributed by atoms with Crippen molar-refractivity contribution in [3.05, 3.63) is 121 Å². The van der Waals surface area contributed by atoms with Gasteiger partial charge in [0.25, 0.3) is 0 Å². The molecule has 0 aliphatic heterocycles. The van der Waals surface area contributed by atoms with Crippen LogP contribution in [0.5, 0.6) is 0 Å². The molecule has 0 radical (unpaired) electrons. The molecule has 43 heavy (non-hydrogen) atoms. The number of nitrogens with zero attached hydrogens (tertiary/aromatic N) is 1. The molecule has 1 aliphatic carbocycles. The third-order valence-corrected chi connectivity index (χ3v) is 9.01. The summed E-state index contributed by atoms with van der Waals surface area (Å²) in [4.78, 5) is 0. The van der Waals surface area contributed by atoms with Crippen LogP contribution in [-0.4, -0.2) is 16.2 Å². The van der Waals surface area contributed by atoms with Crippen molar-refractivity contribution in [1.82, 2.24) is 4.40 Å². The Morgan fingerprint density at radius 2 is 1.49 bits per heavy atom. The predicted octanol–water partition coefficient (Wildman–Crippen LogP) is 10.1. The first-order chi connectivity index (χ1) is 21.2. The largest absolute Gasteiger partial charge is 0.456 e. The zero-order valence-corrected chi connectivity index (χ0v) is 22.9. The van der Waals surface area contributed by atoms with Gasteiger partial charge < -0.3 is 24.0 Å². The first-order valence-electron chi connectivity index (χ1n) is 14.5. The Bertz CT molecular complexity index is 2680. The van der Waals surface area contributed by atoms with Gasteiger partial charge in [-0.25, -0.2) is 0 Å². The van der Waals surface area contributed by atoms with E-state index in [1.807, 2.05) is 48.6 Å². The lowest BCUT2D eigenvalue weighted by Gasteiger charge is -2.17. The molecule has 5 aromatic carbocycles. The highest BCUT2D eigenvalue weighted by Gasteiger charge is 2.24. The molecule has 10 rings (SSSR count). The van der Waals surface area contributed by atoms with E-state index in [2.05, 4.69) is 82.6 Å². The fourth-order valence-corrected chi connectivity index (χ4v) is 7.09. The summed E-state index contributed by atoms with van der Waals surface area (Å²) in [5, 5.41) is 20.0. The van der Waals surface area contributed by atoms with Crippen LogP contribution in [0.15, 0.2) is 130 Å². The number of rotatable bonds is 3. The van der Waals surface area contributed by atoms with Crippen LogP contribution in [-0.2, 0) is 0 Å². The maximum atomic E-state index is 8.45. The second-order valence-corrected chi connectivity index (χ2v) is 11.4. The van der Waals surface area contributed by atoms with Gasteiger partial charge in [-0.1, -0.05) is 78.9 Å². The lowest BCUT2D eigenvalue weighted by molar-refractivity contribution is 0.669. The first kappa shape index (κ1) is 22.8. The minimum atomic E-state index is -0.190. The highest BCUT2D eigenvalue weighted by Crippen LogP contribution is 2.46. The van der Waals surface area contributed by atoms with Crippen molar-refractivity contribution in [2.24, 2.45) is 0 Å². The molecule has 1 aliphatic rings. The molecule has 2 N–H and O–H groups in total. The van der Waals surface area contributed by atoms with Crippen molar-refractivity contribution in [3.63, 3.8) is 0 Å². The van der Waals surface area contributed by atoms with Crippen molar-refractivity contribution >= 4 is 82.5 Å². The summed E-state index contributed by atoms with van der Waals surface area (Å²) < 4.78 is 15.2. The number of allylic oxidation sites excluding steroid dienone is 2. The standard InChI is InChI=1S/C38H23N3O2/c39-28-12-3-4-13-29(28)40-30-20-41-31-17-16-21(22-10-7-11-24-23-8-1-5-14-32(23)43-38(22)24)18-27(31)36-35-25-9-2-6-15-33(25)42-34(35)19-26(30)37(36)41/h1-20,29,39-40H. The molecule has 9 aromatic rings. The summed E-state index contributed by atoms with van der Waals surface area (Å²) in [5.41, 5.74) is 9.52. The van der Waals surface area contributed by atoms with Gasteiger partial charge in [0.2, 0.25) is 0 Å². The monoisotopic (exact) mass is 553 g/mol. The second-order valence-electron chi connectivity index (χ2n) is 11.4. The van der Waals surface area contributed by atoms with Crippen LogP contribution in [0.1, 0.15) is 0 Å². The molecule has 4 aromatic heterocycles. The second kappa shape index (κ2) is 8.14. The van der Waals surface area contributed by atoms with E-state index in [9.17, 15) is 0 Å². The van der Waals surface area contributed by atoms with E-state index < -0.39 is 0 Å². The Morgan fingerprint density at radius 1 is 0.674 bits per heavy atom. The third-order valence-electron chi connectivity index (χ3n) is 9.01. The van der Waals surface area contributed by atoms with E-state index in [0.29, 0.717) is 5.71 Å². The van der Waals surface area contributed by atoms with E-state index in [0.717, 1.165) is 77.1 Å². The van der Waals surface area contributed by atoms with Crippen LogP contribution in [0.3, 0.4) is 0 Å². The fourth-order valence-electron chi connectivity index (χ4n) is 7.09. The van der Waals surface area contributed by atoms with Crippen LogP contribution in [0.25, 0.3) is 82.2 Å². The number of para-hydroxylation sites is 3. The van der Waals surface area contributed by atoms with Crippen LogP contribution >= 0.6 is 0 Å². The van der Waals surface area contributed by atoms with Crippen molar-refractivity contribution in [2.45, 2.75) is 6.04 Å². The normalized spacial score (nSPS) is 15.5. The Labute approximate surface area is 244 Å². The van der Waals surface area contributed by atoms with Crippen LogP contribution in [0.2, 0.25) is 0 Å². The van der Waals surface area contributed by atoms with Gasteiger partial charge in [0, 0.05) is 49.5 Å². The van der Waals surface area contributed by atoms with Gasteiger partial charge in [-0.3, -0.25) is 0 Å². The first-order valence-corrected chi connectivity index (χ1v) is 14.5. The van der Waals surface area contributed by atoms with Crippen LogP contribution in [0.4, 0.5) is 5.69 Å². The molecule has 202 valence electrons. The Hall–Kier alpha value is -5.81. The Morgan fingerprint density at radius 3 is 2.37 bits per heavy atom. The summed E-state index contributed by atoms with van der Waals surface area (Å²) in [5.74, 6) is 0. The lowest BCUT2D eigenvalue weighted by atomic mass is 9.98. The SMILES string of the molecule is N=C1C=CC=CC1Nc1cn2c3ccc(-c4cccc5c4oc4ccccc45)cc3c3c4c(cc1c32)oc1ccccc14. The number of benzene rings is 5. The van der Waals surface area contributed by atoms with Crippen LogP contribution in [0, 0.1) is 5.41 Å². The molecule has 1 atom stereocenters. The van der Waals surface area contributed by atoms with E-state index >= 15 is 0 Å². The molecule has 0 amide bonds. The van der Waals surface area contributed by atoms with Crippen molar-refractivity contribution < 1.29 is 8.83 Å². The van der Waals surface area contributed by atoms with E-state index in [-0.39, 0.29) is 6.04 Å². The predicted molar refractivity (Wildman–Crippen MR) is 177 cm³/mol. The summed E-state index contributed by atoms with van der Waals surface area (Å²) >= 11 is 0. The molecule has 5 heteroatoms. The van der Waals surface area contributed by atoms with Gasteiger partial charge in [0.1, 0.15) is 22.3 Å². The van der Waals surface area contributed by atoms with Gasteiger partial charge in [-0.2, -0.15) is 0 Å². The maximum Gasteiger partial charge on any atom is 0.143 e. The summed E-state index contributed by atoms with van der Waals surface area (Å²) in [6.07, 6.45) is 9.92. The maximum absolute atomic E-state index is 8.45. The number of fused-ring (bicyclic) bond motifs is 10. The quantitative estimate of drug-likeness (QED) is 0.229. The zero-order valence-electron chi connectivity index (χ0n) is 22.9. The number of aromatic nitrogens is 1. The lowest BCUT2D eigenvalue weighted by Crippen LogP contribution is -2.26. The average molecular weight is 554 g/mol. The molecule has 4 heterocycles. The molecule has 0 bridgehead atoms. The topological polar surface area (TPSA) is 66.6 Å². The Balaban J connectivity index is 1.29. The highest BCUT2D eigenvalue weighted by molar-refractivity contribution is 6.32. The number of furan rings is 2. The fraction of sp³-hybridized carbons (Fsp3) is 0.0263. The van der Waals surface area contributed by atoms with Gasteiger partial charge in [0.15, 0.2) is 0 Å². The molecule has 0 saturated heterocycles. The van der Waals surface area contributed by atoms with Crippen LogP contribution < -0.4 is 5.32 Å². The van der Waals surface area contributed by atoms with Gasteiger partial charge in [-0.05, 0) is 42.0 Å². The minimum absolute atomic E-state index is 0.190. The molecule has 1 unspecified atom stereocenters. The minimum Gasteiger partial charge on any atom is -0.456 e. The average Bonchev–Trinajstić information content (AvgIpc) is 3.78. The van der Waals surface area contributed by atoms with E-state index in [1.165, 1.54) is 10.8 Å². The highest BCUT2D eigenvalue weighted by atomic mass is 16.3. The number of nitrogens with one attached hydrogen (secondary N) is 2. The zero-order chi connectivity index (χ0) is 28.2. The molecule has 0 fully saturated rings. The summed E-state index contributed by atoms with van der Waals surface area (Å²) in [6, 6.07) is 31.6. The van der Waals surface area contributed by atoms with E-state index in [1.54, 1.807) is 0 Å². The summed E-state index contributed by atoms with van der Waals surface area (Å²) in [7, 11) is 0. The number of anilines is 1. The molecular formula is C38H23N3O2. The molecule has 0 saturated carbocycles. The number of hydrogen-bond acceptors (Lipinski definition) is 4. The number of hydrogen-bond donors (Lipinski definition) is 2. The smallest absolute Gasteiger partial charge is 0.143 e. The Kier molecular flexibility index (Phi) is 4.32. The summed E-state index contributed by atoms with van der Waals surface area (Å²) in [6.45, 7) is 0. The molecular weight excluding hydrogens is 530 g/mol. The molecule has 5 nitrogen and oxygen atoms in total. The van der Waals surface area contributed by atoms with Crippen molar-refractivity contribution in [3.8, 4) is 11.1 Å². The van der Waals surface area contributed by atoms with E-state index in [4.69, 9.17) is 14.2 Å². The van der Waals surface area contributed by atoms with Gasteiger partial charge in [0.05, 0.1) is 28.5 Å². The third kappa shape index (κ3) is 3.03. The van der Waals surface area contributed by atoms with Gasteiger partial charge >= 0.3 is 0 Å².